The van der Waals surface area contributed by atoms with Crippen LogP contribution in [0.25, 0.3) is 0 Å². The van der Waals surface area contributed by atoms with Crippen LogP contribution in [0.4, 0.5) is 18.9 Å². The van der Waals surface area contributed by atoms with Crippen LogP contribution in [-0.2, 0) is 10.0 Å². The van der Waals surface area contributed by atoms with Crippen LogP contribution in [0.5, 0.6) is 0 Å². The molecule has 11 heteroatoms. The van der Waals surface area contributed by atoms with Crippen molar-refractivity contribution in [3.05, 3.63) is 58.4 Å². The number of aliphatic hydroxyl groups is 1. The average Bonchev–Trinajstić information content (AvgIpc) is 2.66. The van der Waals surface area contributed by atoms with E-state index in [0.29, 0.717) is 25.0 Å². The molecule has 3 rings (SSSR count). The van der Waals surface area contributed by atoms with Gasteiger partial charge in [0.1, 0.15) is 0 Å². The van der Waals surface area contributed by atoms with Gasteiger partial charge in [-0.25, -0.2) is 21.6 Å². The fourth-order valence-corrected chi connectivity index (χ4v) is 4.60. The van der Waals surface area contributed by atoms with Crippen LogP contribution < -0.4 is 5.32 Å². The van der Waals surface area contributed by atoms with Crippen molar-refractivity contribution in [1.29, 1.82) is 0 Å². The Morgan fingerprint density at radius 2 is 1.69 bits per heavy atom. The molecule has 1 heterocycles. The molecule has 1 saturated heterocycles. The molecule has 0 bridgehead atoms. The van der Waals surface area contributed by atoms with Gasteiger partial charge in [0.25, 0.3) is 5.91 Å². The van der Waals surface area contributed by atoms with Crippen molar-refractivity contribution in [3.63, 3.8) is 0 Å². The third-order valence-electron chi connectivity index (χ3n) is 4.49. The number of halogens is 4. The number of piperidine rings is 1. The molecule has 156 valence electrons. The highest BCUT2D eigenvalue weighted by Gasteiger charge is 2.29. The van der Waals surface area contributed by atoms with Crippen LogP contribution in [0.15, 0.2) is 35.2 Å². The first kappa shape index (κ1) is 21.6. The summed E-state index contributed by atoms with van der Waals surface area (Å²) < 4.78 is 66.5. The predicted molar refractivity (Wildman–Crippen MR) is 99.7 cm³/mol. The van der Waals surface area contributed by atoms with E-state index in [-0.39, 0.29) is 34.3 Å². The third kappa shape index (κ3) is 4.55. The zero-order valence-corrected chi connectivity index (χ0v) is 16.4. The second-order valence-corrected chi connectivity index (χ2v) is 8.83. The minimum atomic E-state index is -3.94. The van der Waals surface area contributed by atoms with Gasteiger partial charge in [-0.3, -0.25) is 4.79 Å². The topological polar surface area (TPSA) is 86.7 Å². The maximum atomic E-state index is 13.3. The highest BCUT2D eigenvalue weighted by molar-refractivity contribution is 7.89. The van der Waals surface area contributed by atoms with Gasteiger partial charge in [0, 0.05) is 30.9 Å². The number of carbonyl (C=O) groups excluding carboxylic acids is 1. The molecule has 6 nitrogen and oxygen atoms in total. The average molecular weight is 449 g/mol. The summed E-state index contributed by atoms with van der Waals surface area (Å²) in [5, 5.41) is 11.6. The maximum absolute atomic E-state index is 13.3. The Bertz CT molecular complexity index is 1030. The Morgan fingerprint density at radius 3 is 2.28 bits per heavy atom. The fraction of sp³-hybridized carbons (Fsp3) is 0.278. The number of nitrogens with zero attached hydrogens (tertiary/aromatic N) is 1. The number of hydrogen-bond donors (Lipinski definition) is 2. The fourth-order valence-electron chi connectivity index (χ4n) is 2.90. The number of amides is 1. The molecular formula is C18H16ClF3N2O4S. The molecular weight excluding hydrogens is 433 g/mol. The molecule has 0 aromatic heterocycles. The lowest BCUT2D eigenvalue weighted by Crippen LogP contribution is -2.40. The number of carbonyl (C=O) groups is 1. The van der Waals surface area contributed by atoms with Crippen molar-refractivity contribution in [1.82, 2.24) is 4.31 Å². The van der Waals surface area contributed by atoms with Gasteiger partial charge in [0.05, 0.1) is 21.6 Å². The van der Waals surface area contributed by atoms with E-state index in [2.05, 4.69) is 5.32 Å². The minimum Gasteiger partial charge on any atom is -0.393 e. The Kier molecular flexibility index (Phi) is 6.18. The first-order valence-electron chi connectivity index (χ1n) is 8.53. The van der Waals surface area contributed by atoms with E-state index < -0.39 is 39.5 Å². The van der Waals surface area contributed by atoms with Crippen LogP contribution in [-0.4, -0.2) is 42.9 Å². The lowest BCUT2D eigenvalue weighted by molar-refractivity contribution is 0.102. The van der Waals surface area contributed by atoms with E-state index >= 15 is 0 Å². The highest BCUT2D eigenvalue weighted by Crippen LogP contribution is 2.26. The third-order valence-corrected chi connectivity index (χ3v) is 6.71. The summed E-state index contributed by atoms with van der Waals surface area (Å²) in [5.41, 5.74) is -0.601. The summed E-state index contributed by atoms with van der Waals surface area (Å²) >= 11 is 5.99. The van der Waals surface area contributed by atoms with Gasteiger partial charge >= 0.3 is 0 Å². The summed E-state index contributed by atoms with van der Waals surface area (Å²) in [5.74, 6) is -5.59. The van der Waals surface area contributed by atoms with E-state index in [9.17, 15) is 31.5 Å². The number of anilines is 1. The molecule has 0 radical (unpaired) electrons. The van der Waals surface area contributed by atoms with Crippen LogP contribution in [0.3, 0.4) is 0 Å². The Labute approximate surface area is 169 Å². The molecule has 0 aliphatic carbocycles. The molecule has 0 atom stereocenters. The molecule has 2 aromatic carbocycles. The highest BCUT2D eigenvalue weighted by atomic mass is 35.5. The van der Waals surface area contributed by atoms with Crippen molar-refractivity contribution in [3.8, 4) is 0 Å². The number of benzene rings is 2. The number of hydrogen-bond acceptors (Lipinski definition) is 4. The van der Waals surface area contributed by atoms with Gasteiger partial charge in [-0.05, 0) is 31.0 Å². The van der Waals surface area contributed by atoms with Crippen LogP contribution in [0.1, 0.15) is 23.2 Å². The van der Waals surface area contributed by atoms with Crippen molar-refractivity contribution < 1.29 is 31.5 Å². The normalized spacial score (nSPS) is 16.0. The first-order chi connectivity index (χ1) is 13.6. The molecule has 1 fully saturated rings. The lowest BCUT2D eigenvalue weighted by Gasteiger charge is -2.28. The number of nitrogens with one attached hydrogen (secondary N) is 1. The van der Waals surface area contributed by atoms with Crippen molar-refractivity contribution in [2.45, 2.75) is 23.8 Å². The Hall–Kier alpha value is -2.14. The summed E-state index contributed by atoms with van der Waals surface area (Å²) in [6.45, 7) is 0.254. The van der Waals surface area contributed by atoms with Gasteiger partial charge in [0.15, 0.2) is 17.5 Å². The standard InChI is InChI=1S/C18H16ClF3N2O4S/c19-14-2-1-12(29(27,28)24-5-3-11(25)4-6-24)9-13(14)18(26)23-10-7-15(20)17(22)16(21)8-10/h1-2,7-9,11,25H,3-6H2,(H,23,26). The van der Waals surface area contributed by atoms with Crippen molar-refractivity contribution in [2.24, 2.45) is 0 Å². The van der Waals surface area contributed by atoms with Crippen molar-refractivity contribution in [2.75, 3.05) is 18.4 Å². The van der Waals surface area contributed by atoms with E-state index in [0.717, 1.165) is 6.07 Å². The first-order valence-corrected chi connectivity index (χ1v) is 10.3. The van der Waals surface area contributed by atoms with Gasteiger partial charge in [-0.1, -0.05) is 11.6 Å². The van der Waals surface area contributed by atoms with E-state index in [1.165, 1.54) is 16.4 Å². The van der Waals surface area contributed by atoms with Gasteiger partial charge in [-0.15, -0.1) is 0 Å². The second-order valence-electron chi connectivity index (χ2n) is 6.48. The van der Waals surface area contributed by atoms with Crippen LogP contribution >= 0.6 is 11.6 Å². The Balaban J connectivity index is 1.88. The van der Waals surface area contributed by atoms with Gasteiger partial charge < -0.3 is 10.4 Å². The van der Waals surface area contributed by atoms with E-state index in [1.807, 2.05) is 0 Å². The predicted octanol–water partition coefficient (Wildman–Crippen LogP) is 3.16. The molecule has 0 unspecified atom stereocenters. The maximum Gasteiger partial charge on any atom is 0.257 e. The smallest absolute Gasteiger partial charge is 0.257 e. The number of sulfonamides is 1. The molecule has 1 aliphatic rings. The summed E-state index contributed by atoms with van der Waals surface area (Å²) in [7, 11) is -3.94. The summed E-state index contributed by atoms with van der Waals surface area (Å²) in [6, 6.07) is 4.67. The van der Waals surface area contributed by atoms with Crippen LogP contribution in [0, 0.1) is 17.5 Å². The summed E-state index contributed by atoms with van der Waals surface area (Å²) in [6.07, 6.45) is 0.0217. The summed E-state index contributed by atoms with van der Waals surface area (Å²) in [4.78, 5) is 12.3. The largest absolute Gasteiger partial charge is 0.393 e. The van der Waals surface area contributed by atoms with E-state index in [4.69, 9.17) is 11.6 Å². The lowest BCUT2D eigenvalue weighted by atomic mass is 10.1. The van der Waals surface area contributed by atoms with Gasteiger partial charge in [0.2, 0.25) is 10.0 Å². The quantitative estimate of drug-likeness (QED) is 0.703. The zero-order valence-electron chi connectivity index (χ0n) is 14.8. The van der Waals surface area contributed by atoms with Crippen molar-refractivity contribution >= 4 is 33.2 Å². The molecule has 1 aliphatic heterocycles. The second kappa shape index (κ2) is 8.31. The number of aliphatic hydroxyl groups excluding tert-OH is 1. The molecule has 1 amide bonds. The molecule has 2 N–H and O–H groups in total. The van der Waals surface area contributed by atoms with Crippen LogP contribution in [0.2, 0.25) is 5.02 Å². The Morgan fingerprint density at radius 1 is 1.10 bits per heavy atom. The monoisotopic (exact) mass is 448 g/mol. The molecule has 0 spiro atoms. The SMILES string of the molecule is O=C(Nc1cc(F)c(F)c(F)c1)c1cc(S(=O)(=O)N2CCC(O)CC2)ccc1Cl. The minimum absolute atomic E-state index is 0.0847. The number of rotatable bonds is 4. The molecule has 29 heavy (non-hydrogen) atoms. The van der Waals surface area contributed by atoms with Gasteiger partial charge in [-0.2, -0.15) is 4.31 Å². The molecule has 0 saturated carbocycles. The molecule has 2 aromatic rings. The zero-order chi connectivity index (χ0) is 21.3. The van der Waals surface area contributed by atoms with E-state index in [1.54, 1.807) is 0 Å².